The number of nitrogens with one attached hydrogen (secondary N) is 1. The molecule has 5 nitrogen and oxygen atoms in total. The van der Waals surface area contributed by atoms with Crippen molar-refractivity contribution in [2.45, 2.75) is 26.3 Å². The molecule has 2 aromatic rings. The van der Waals surface area contributed by atoms with E-state index in [1.165, 1.54) is 11.3 Å². The molecule has 1 unspecified atom stereocenters. The minimum absolute atomic E-state index is 0.0561. The Morgan fingerprint density at radius 3 is 2.68 bits per heavy atom. The van der Waals surface area contributed by atoms with Gasteiger partial charge in [-0.3, -0.25) is 9.59 Å². The van der Waals surface area contributed by atoms with Crippen molar-refractivity contribution in [3.63, 3.8) is 0 Å². The van der Waals surface area contributed by atoms with Gasteiger partial charge in [-0.2, -0.15) is 0 Å². The van der Waals surface area contributed by atoms with Crippen molar-refractivity contribution in [3.05, 3.63) is 45.9 Å². The Balaban J connectivity index is 1.70. The maximum Gasteiger partial charge on any atom is 0.263 e. The topological polar surface area (TPSA) is 62.3 Å². The van der Waals surface area contributed by atoms with Gasteiger partial charge in [0.05, 0.1) is 11.2 Å². The molecule has 0 spiro atoms. The number of aryl methyl sites for hydroxylation is 2. The summed E-state index contributed by atoms with van der Waals surface area (Å²) in [6.07, 6.45) is 0.621. The highest BCUT2D eigenvalue weighted by Crippen LogP contribution is 2.22. The standard InChI is InChI=1S/C16H17N3O2S/c1-10-3-5-12(6-4-10)19-8-7-13(16(19)21)18-15(20)14-11(2)17-9-22-14/h3-6,9,13H,7-8H2,1-2H3,(H,18,20). The number of anilines is 1. The molecule has 1 saturated heterocycles. The van der Waals surface area contributed by atoms with E-state index in [1.807, 2.05) is 31.2 Å². The summed E-state index contributed by atoms with van der Waals surface area (Å²) in [6, 6.07) is 7.37. The maximum atomic E-state index is 12.5. The van der Waals surface area contributed by atoms with Crippen LogP contribution in [-0.2, 0) is 4.79 Å². The second-order valence-corrected chi connectivity index (χ2v) is 6.26. The molecule has 3 rings (SSSR count). The molecule has 1 aromatic heterocycles. The van der Waals surface area contributed by atoms with Crippen molar-refractivity contribution in [1.82, 2.24) is 10.3 Å². The number of carbonyl (C=O) groups excluding carboxylic acids is 2. The zero-order chi connectivity index (χ0) is 15.7. The number of thiazole rings is 1. The fourth-order valence-electron chi connectivity index (χ4n) is 2.54. The summed E-state index contributed by atoms with van der Waals surface area (Å²) in [6.45, 7) is 4.42. The average Bonchev–Trinajstić information content (AvgIpc) is 3.07. The highest BCUT2D eigenvalue weighted by atomic mass is 32.1. The van der Waals surface area contributed by atoms with Crippen molar-refractivity contribution in [3.8, 4) is 0 Å². The molecular weight excluding hydrogens is 298 g/mol. The predicted molar refractivity (Wildman–Crippen MR) is 86.3 cm³/mol. The van der Waals surface area contributed by atoms with Crippen LogP contribution in [0, 0.1) is 13.8 Å². The molecule has 1 N–H and O–H groups in total. The molecule has 0 saturated carbocycles. The molecule has 2 heterocycles. The number of rotatable bonds is 3. The van der Waals surface area contributed by atoms with Crippen LogP contribution in [-0.4, -0.2) is 29.4 Å². The van der Waals surface area contributed by atoms with Crippen LogP contribution in [0.25, 0.3) is 0 Å². The second-order valence-electron chi connectivity index (χ2n) is 5.41. The highest BCUT2D eigenvalue weighted by molar-refractivity contribution is 7.11. The molecule has 1 atom stereocenters. The first-order valence-corrected chi connectivity index (χ1v) is 8.03. The number of carbonyl (C=O) groups is 2. The van der Waals surface area contributed by atoms with Crippen LogP contribution >= 0.6 is 11.3 Å². The summed E-state index contributed by atoms with van der Waals surface area (Å²) >= 11 is 1.29. The Labute approximate surface area is 133 Å². The lowest BCUT2D eigenvalue weighted by molar-refractivity contribution is -0.118. The Bertz CT molecular complexity index is 708. The second kappa shape index (κ2) is 5.88. The van der Waals surface area contributed by atoms with E-state index in [9.17, 15) is 9.59 Å². The van der Waals surface area contributed by atoms with Gasteiger partial charge in [0.2, 0.25) is 5.91 Å². The summed E-state index contributed by atoms with van der Waals surface area (Å²) in [4.78, 5) is 31.0. The van der Waals surface area contributed by atoms with Crippen LogP contribution in [0.1, 0.15) is 27.3 Å². The quantitative estimate of drug-likeness (QED) is 0.945. The van der Waals surface area contributed by atoms with Gasteiger partial charge in [0.15, 0.2) is 0 Å². The smallest absolute Gasteiger partial charge is 0.263 e. The normalized spacial score (nSPS) is 17.8. The summed E-state index contributed by atoms with van der Waals surface area (Å²) in [7, 11) is 0. The minimum atomic E-state index is -0.463. The van der Waals surface area contributed by atoms with Crippen molar-refractivity contribution < 1.29 is 9.59 Å². The van der Waals surface area contributed by atoms with Crippen LogP contribution in [0.4, 0.5) is 5.69 Å². The van der Waals surface area contributed by atoms with Crippen molar-refractivity contribution >= 4 is 28.8 Å². The Morgan fingerprint density at radius 2 is 2.05 bits per heavy atom. The Morgan fingerprint density at radius 1 is 1.32 bits per heavy atom. The first kappa shape index (κ1) is 14.7. The van der Waals surface area contributed by atoms with E-state index in [1.54, 1.807) is 17.3 Å². The first-order chi connectivity index (χ1) is 10.6. The number of nitrogens with zero attached hydrogens (tertiary/aromatic N) is 2. The van der Waals surface area contributed by atoms with E-state index in [2.05, 4.69) is 10.3 Å². The van der Waals surface area contributed by atoms with Crippen molar-refractivity contribution in [2.75, 3.05) is 11.4 Å². The van der Waals surface area contributed by atoms with E-state index in [0.717, 1.165) is 11.3 Å². The third-order valence-corrected chi connectivity index (χ3v) is 4.74. The van der Waals surface area contributed by atoms with Gasteiger partial charge in [-0.1, -0.05) is 17.7 Å². The molecule has 0 bridgehead atoms. The fourth-order valence-corrected chi connectivity index (χ4v) is 3.24. The molecule has 6 heteroatoms. The Kier molecular flexibility index (Phi) is 3.94. The summed E-state index contributed by atoms with van der Waals surface area (Å²) in [5.74, 6) is -0.275. The zero-order valence-corrected chi connectivity index (χ0v) is 13.3. The molecular formula is C16H17N3O2S. The number of hydrogen-bond donors (Lipinski definition) is 1. The molecule has 114 valence electrons. The predicted octanol–water partition coefficient (Wildman–Crippen LogP) is 2.30. The highest BCUT2D eigenvalue weighted by Gasteiger charge is 2.34. The van der Waals surface area contributed by atoms with Gasteiger partial charge in [-0.15, -0.1) is 11.3 Å². The lowest BCUT2D eigenvalue weighted by Crippen LogP contribution is -2.41. The fraction of sp³-hybridized carbons (Fsp3) is 0.312. The summed E-state index contributed by atoms with van der Waals surface area (Å²) in [5.41, 5.74) is 4.37. The maximum absolute atomic E-state index is 12.5. The van der Waals surface area contributed by atoms with E-state index < -0.39 is 6.04 Å². The number of benzene rings is 1. The average molecular weight is 315 g/mol. The van der Waals surface area contributed by atoms with Crippen molar-refractivity contribution in [2.24, 2.45) is 0 Å². The van der Waals surface area contributed by atoms with E-state index in [4.69, 9.17) is 0 Å². The van der Waals surface area contributed by atoms with E-state index in [-0.39, 0.29) is 11.8 Å². The number of aromatic nitrogens is 1. The number of hydrogen-bond acceptors (Lipinski definition) is 4. The van der Waals surface area contributed by atoms with Gasteiger partial charge in [-0.25, -0.2) is 4.98 Å². The summed E-state index contributed by atoms with van der Waals surface area (Å²) < 4.78 is 0. The van der Waals surface area contributed by atoms with E-state index in [0.29, 0.717) is 23.5 Å². The van der Waals surface area contributed by atoms with Gasteiger partial charge >= 0.3 is 0 Å². The van der Waals surface area contributed by atoms with Crippen LogP contribution in [0.5, 0.6) is 0 Å². The first-order valence-electron chi connectivity index (χ1n) is 7.15. The third-order valence-electron chi connectivity index (χ3n) is 3.81. The largest absolute Gasteiger partial charge is 0.339 e. The molecule has 0 radical (unpaired) electrons. The monoisotopic (exact) mass is 315 g/mol. The molecule has 1 aromatic carbocycles. The van der Waals surface area contributed by atoms with Crippen LogP contribution in [0.2, 0.25) is 0 Å². The minimum Gasteiger partial charge on any atom is -0.339 e. The molecule has 1 aliphatic heterocycles. The molecule has 1 fully saturated rings. The van der Waals surface area contributed by atoms with Crippen LogP contribution in [0.3, 0.4) is 0 Å². The zero-order valence-electron chi connectivity index (χ0n) is 12.5. The Hall–Kier alpha value is -2.21. The molecule has 22 heavy (non-hydrogen) atoms. The van der Waals surface area contributed by atoms with Gasteiger partial charge < -0.3 is 10.2 Å². The molecule has 0 aliphatic carbocycles. The number of amides is 2. The lowest BCUT2D eigenvalue weighted by Gasteiger charge is -2.17. The summed E-state index contributed by atoms with van der Waals surface area (Å²) in [5, 5.41) is 2.82. The lowest BCUT2D eigenvalue weighted by atomic mass is 10.2. The molecule has 2 amide bonds. The van der Waals surface area contributed by atoms with Crippen molar-refractivity contribution in [1.29, 1.82) is 0 Å². The van der Waals surface area contributed by atoms with Gasteiger partial charge in [-0.05, 0) is 32.4 Å². The van der Waals surface area contributed by atoms with Gasteiger partial charge in [0.25, 0.3) is 5.91 Å². The molecule has 1 aliphatic rings. The van der Waals surface area contributed by atoms with Gasteiger partial charge in [0, 0.05) is 12.2 Å². The SMILES string of the molecule is Cc1ccc(N2CCC(NC(=O)c3scnc3C)C2=O)cc1. The third kappa shape index (κ3) is 2.74. The van der Waals surface area contributed by atoms with E-state index >= 15 is 0 Å². The van der Waals surface area contributed by atoms with Crippen LogP contribution < -0.4 is 10.2 Å². The van der Waals surface area contributed by atoms with Crippen LogP contribution in [0.15, 0.2) is 29.8 Å². The van der Waals surface area contributed by atoms with Gasteiger partial charge in [0.1, 0.15) is 10.9 Å².